The van der Waals surface area contributed by atoms with Crippen LogP contribution in [0.3, 0.4) is 0 Å². The van der Waals surface area contributed by atoms with E-state index in [0.29, 0.717) is 0 Å². The molecular weight excluding hydrogens is 248 g/mol. The smallest absolute Gasteiger partial charge is 0.134 e. The molecule has 102 valence electrons. The summed E-state index contributed by atoms with van der Waals surface area (Å²) in [6.07, 6.45) is 4.68. The Bertz CT molecular complexity index is 689. The SMILES string of the molecule is Cc1oc2ccccc2c1CNCCc1ccncc1. The van der Waals surface area contributed by atoms with E-state index in [2.05, 4.69) is 34.6 Å². The highest BCUT2D eigenvalue weighted by Gasteiger charge is 2.09. The van der Waals surface area contributed by atoms with Crippen LogP contribution in [0.25, 0.3) is 11.0 Å². The van der Waals surface area contributed by atoms with Crippen LogP contribution < -0.4 is 5.32 Å². The van der Waals surface area contributed by atoms with E-state index in [0.717, 1.165) is 30.9 Å². The number of aryl methyl sites for hydroxylation is 1. The molecule has 0 amide bonds. The van der Waals surface area contributed by atoms with E-state index in [1.54, 1.807) is 0 Å². The van der Waals surface area contributed by atoms with Crippen molar-refractivity contribution < 1.29 is 4.42 Å². The lowest BCUT2D eigenvalue weighted by atomic mass is 10.1. The monoisotopic (exact) mass is 266 g/mol. The number of nitrogens with zero attached hydrogens (tertiary/aromatic N) is 1. The number of hydrogen-bond donors (Lipinski definition) is 1. The molecule has 3 nitrogen and oxygen atoms in total. The summed E-state index contributed by atoms with van der Waals surface area (Å²) < 4.78 is 5.77. The molecule has 0 unspecified atom stereocenters. The van der Waals surface area contributed by atoms with Gasteiger partial charge in [0.25, 0.3) is 0 Å². The van der Waals surface area contributed by atoms with Crippen molar-refractivity contribution >= 4 is 11.0 Å². The predicted molar refractivity (Wildman–Crippen MR) is 80.6 cm³/mol. The number of aromatic nitrogens is 1. The first-order chi connectivity index (χ1) is 9.84. The van der Waals surface area contributed by atoms with Gasteiger partial charge in [0.1, 0.15) is 11.3 Å². The maximum absolute atomic E-state index is 5.77. The number of pyridine rings is 1. The first kappa shape index (κ1) is 12.9. The first-order valence-corrected chi connectivity index (χ1v) is 6.91. The third-order valence-electron chi connectivity index (χ3n) is 3.54. The molecule has 3 heteroatoms. The second-order valence-corrected chi connectivity index (χ2v) is 4.92. The topological polar surface area (TPSA) is 38.1 Å². The summed E-state index contributed by atoms with van der Waals surface area (Å²) >= 11 is 0. The fourth-order valence-corrected chi connectivity index (χ4v) is 2.44. The standard InChI is InChI=1S/C17H18N2O/c1-13-16(15-4-2-3-5-17(15)20-13)12-19-11-8-14-6-9-18-10-7-14/h2-7,9-10,19H,8,11-12H2,1H3. The van der Waals surface area contributed by atoms with Crippen LogP contribution in [0.15, 0.2) is 53.2 Å². The van der Waals surface area contributed by atoms with Crippen LogP contribution in [0.2, 0.25) is 0 Å². The zero-order chi connectivity index (χ0) is 13.8. The molecule has 0 bridgehead atoms. The first-order valence-electron chi connectivity index (χ1n) is 6.91. The van der Waals surface area contributed by atoms with Crippen molar-refractivity contribution in [3.8, 4) is 0 Å². The van der Waals surface area contributed by atoms with Crippen LogP contribution in [-0.2, 0) is 13.0 Å². The van der Waals surface area contributed by atoms with Crippen LogP contribution in [0, 0.1) is 6.92 Å². The van der Waals surface area contributed by atoms with Gasteiger partial charge in [0, 0.05) is 29.9 Å². The molecule has 0 atom stereocenters. The van der Waals surface area contributed by atoms with Gasteiger partial charge in [-0.1, -0.05) is 18.2 Å². The molecule has 2 heterocycles. The van der Waals surface area contributed by atoms with Crippen molar-refractivity contribution in [3.63, 3.8) is 0 Å². The van der Waals surface area contributed by atoms with Gasteiger partial charge in [-0.25, -0.2) is 0 Å². The molecular formula is C17H18N2O. The Morgan fingerprint density at radius 2 is 1.90 bits per heavy atom. The maximum atomic E-state index is 5.77. The molecule has 0 aliphatic carbocycles. The van der Waals surface area contributed by atoms with Crippen molar-refractivity contribution in [3.05, 3.63) is 65.7 Å². The summed E-state index contributed by atoms with van der Waals surface area (Å²) in [5, 5.41) is 4.70. The number of furan rings is 1. The third kappa shape index (κ3) is 2.73. The summed E-state index contributed by atoms with van der Waals surface area (Å²) in [6, 6.07) is 12.3. The van der Waals surface area contributed by atoms with E-state index in [9.17, 15) is 0 Å². The number of rotatable bonds is 5. The minimum absolute atomic E-state index is 0.841. The quantitative estimate of drug-likeness (QED) is 0.719. The van der Waals surface area contributed by atoms with Gasteiger partial charge in [-0.05, 0) is 43.7 Å². The van der Waals surface area contributed by atoms with Gasteiger partial charge in [-0.15, -0.1) is 0 Å². The van der Waals surface area contributed by atoms with Gasteiger partial charge in [0.05, 0.1) is 0 Å². The highest BCUT2D eigenvalue weighted by molar-refractivity contribution is 5.82. The zero-order valence-electron chi connectivity index (χ0n) is 11.6. The lowest BCUT2D eigenvalue weighted by molar-refractivity contribution is 0.565. The van der Waals surface area contributed by atoms with Crippen LogP contribution in [0.1, 0.15) is 16.9 Å². The predicted octanol–water partition coefficient (Wildman–Crippen LogP) is 3.47. The summed E-state index contributed by atoms with van der Waals surface area (Å²) in [5.74, 6) is 1.00. The second kappa shape index (κ2) is 5.88. The Morgan fingerprint density at radius 3 is 2.75 bits per heavy atom. The molecule has 0 aliphatic rings. The van der Waals surface area contributed by atoms with Gasteiger partial charge < -0.3 is 9.73 Å². The minimum Gasteiger partial charge on any atom is -0.461 e. The van der Waals surface area contributed by atoms with E-state index in [1.807, 2.05) is 31.5 Å². The van der Waals surface area contributed by atoms with Gasteiger partial charge in [0.15, 0.2) is 0 Å². The van der Waals surface area contributed by atoms with Crippen LogP contribution >= 0.6 is 0 Å². The van der Waals surface area contributed by atoms with Crippen LogP contribution in [0.4, 0.5) is 0 Å². The summed E-state index contributed by atoms with van der Waals surface area (Å²) in [5.41, 5.74) is 3.53. The van der Waals surface area contributed by atoms with Gasteiger partial charge >= 0.3 is 0 Å². The van der Waals surface area contributed by atoms with E-state index in [-0.39, 0.29) is 0 Å². The fourth-order valence-electron chi connectivity index (χ4n) is 2.44. The average Bonchev–Trinajstić information content (AvgIpc) is 2.80. The lowest BCUT2D eigenvalue weighted by Gasteiger charge is -2.04. The van der Waals surface area contributed by atoms with E-state index < -0.39 is 0 Å². The fraction of sp³-hybridized carbons (Fsp3) is 0.235. The Balaban J connectivity index is 1.61. The minimum atomic E-state index is 0.841. The molecule has 2 aromatic heterocycles. The van der Waals surface area contributed by atoms with E-state index >= 15 is 0 Å². The molecule has 0 aliphatic heterocycles. The summed E-state index contributed by atoms with van der Waals surface area (Å²) in [4.78, 5) is 4.03. The highest BCUT2D eigenvalue weighted by atomic mass is 16.3. The lowest BCUT2D eigenvalue weighted by Crippen LogP contribution is -2.16. The van der Waals surface area contributed by atoms with Crippen molar-refractivity contribution in [2.24, 2.45) is 0 Å². The summed E-state index contributed by atoms with van der Waals surface area (Å²) in [7, 11) is 0. The largest absolute Gasteiger partial charge is 0.461 e. The molecule has 20 heavy (non-hydrogen) atoms. The normalized spacial score (nSPS) is 11.1. The number of fused-ring (bicyclic) bond motifs is 1. The molecule has 0 fully saturated rings. The van der Waals surface area contributed by atoms with Crippen molar-refractivity contribution in [1.82, 2.24) is 10.3 Å². The molecule has 0 saturated carbocycles. The summed E-state index contributed by atoms with van der Waals surface area (Å²) in [6.45, 7) is 3.82. The molecule has 0 spiro atoms. The van der Waals surface area contributed by atoms with Crippen LogP contribution in [0.5, 0.6) is 0 Å². The number of benzene rings is 1. The Morgan fingerprint density at radius 1 is 1.10 bits per heavy atom. The Hall–Kier alpha value is -2.13. The van der Waals surface area contributed by atoms with Gasteiger partial charge in [0.2, 0.25) is 0 Å². The number of hydrogen-bond acceptors (Lipinski definition) is 3. The van der Waals surface area contributed by atoms with E-state index in [4.69, 9.17) is 4.42 Å². The molecule has 1 aromatic carbocycles. The molecule has 0 saturated heterocycles. The van der Waals surface area contributed by atoms with Gasteiger partial charge in [-0.3, -0.25) is 4.98 Å². The van der Waals surface area contributed by atoms with Crippen LogP contribution in [-0.4, -0.2) is 11.5 Å². The number of nitrogens with one attached hydrogen (secondary N) is 1. The zero-order valence-corrected chi connectivity index (χ0v) is 11.6. The maximum Gasteiger partial charge on any atom is 0.134 e. The second-order valence-electron chi connectivity index (χ2n) is 4.92. The molecule has 0 radical (unpaired) electrons. The molecule has 1 N–H and O–H groups in total. The average molecular weight is 266 g/mol. The van der Waals surface area contributed by atoms with Crippen molar-refractivity contribution in [2.75, 3.05) is 6.54 Å². The number of para-hydroxylation sites is 1. The molecule has 3 aromatic rings. The Labute approximate surface area is 118 Å². The van der Waals surface area contributed by atoms with Crippen molar-refractivity contribution in [2.45, 2.75) is 19.9 Å². The van der Waals surface area contributed by atoms with Crippen molar-refractivity contribution in [1.29, 1.82) is 0 Å². The molecule has 3 rings (SSSR count). The van der Waals surface area contributed by atoms with E-state index in [1.165, 1.54) is 16.5 Å². The van der Waals surface area contributed by atoms with Gasteiger partial charge in [-0.2, -0.15) is 0 Å². The third-order valence-corrected chi connectivity index (χ3v) is 3.54. The highest BCUT2D eigenvalue weighted by Crippen LogP contribution is 2.24. The Kier molecular flexibility index (Phi) is 3.79.